The zero-order valence-electron chi connectivity index (χ0n) is 9.35. The number of halogens is 3. The molecule has 0 aromatic heterocycles. The van der Waals surface area contributed by atoms with Gasteiger partial charge in [-0.15, -0.1) is 0 Å². The molecule has 1 aromatic rings. The van der Waals surface area contributed by atoms with E-state index in [0.717, 1.165) is 6.07 Å². The predicted molar refractivity (Wildman–Crippen MR) is 59.8 cm³/mol. The van der Waals surface area contributed by atoms with Crippen LogP contribution in [0.25, 0.3) is 0 Å². The Kier molecular flexibility index (Phi) is 4.48. The van der Waals surface area contributed by atoms with Gasteiger partial charge in [0.05, 0.1) is 10.7 Å². The van der Waals surface area contributed by atoms with E-state index in [1.807, 2.05) is 0 Å². The number of nitro benzene ring substituents is 1. The van der Waals surface area contributed by atoms with Gasteiger partial charge in [0, 0.05) is 11.6 Å². The molecule has 0 saturated heterocycles. The van der Waals surface area contributed by atoms with Gasteiger partial charge in [-0.2, -0.15) is 13.2 Å². The number of sulfonamides is 1. The monoisotopic (exact) mass is 298 g/mol. The second-order valence-corrected chi connectivity index (χ2v) is 5.39. The molecule has 6 nitrogen and oxygen atoms in total. The van der Waals surface area contributed by atoms with Crippen LogP contribution in [-0.4, -0.2) is 26.1 Å². The molecule has 0 fully saturated rings. The number of para-hydroxylation sites is 1. The number of rotatable bonds is 5. The smallest absolute Gasteiger partial charge is 0.258 e. The Morgan fingerprint density at radius 3 is 2.37 bits per heavy atom. The summed E-state index contributed by atoms with van der Waals surface area (Å²) in [4.78, 5) is 9.84. The van der Waals surface area contributed by atoms with Crippen LogP contribution >= 0.6 is 0 Å². The maximum atomic E-state index is 11.9. The van der Waals surface area contributed by atoms with Crippen LogP contribution in [0.1, 0.15) is 5.56 Å². The standard InChI is InChI=1S/C9H9F3N2O4S/c10-9(11,12)6-13-19(17,18)5-7-3-1-2-4-8(7)14(15)16/h1-4,13H,5-6H2. The molecule has 0 atom stereocenters. The molecule has 1 aromatic carbocycles. The van der Waals surface area contributed by atoms with Crippen molar-refractivity contribution in [1.82, 2.24) is 4.72 Å². The van der Waals surface area contributed by atoms with Gasteiger partial charge in [0.1, 0.15) is 6.54 Å². The lowest BCUT2D eigenvalue weighted by molar-refractivity contribution is -0.385. The Morgan fingerprint density at radius 1 is 1.26 bits per heavy atom. The molecule has 0 heterocycles. The third kappa shape index (κ3) is 5.22. The molecule has 0 aliphatic rings. The normalized spacial score (nSPS) is 12.4. The van der Waals surface area contributed by atoms with Crippen molar-refractivity contribution < 1.29 is 26.5 Å². The van der Waals surface area contributed by atoms with Gasteiger partial charge in [0.25, 0.3) is 5.69 Å². The summed E-state index contributed by atoms with van der Waals surface area (Å²) in [6.45, 7) is -1.71. The number of nitro groups is 1. The summed E-state index contributed by atoms with van der Waals surface area (Å²) in [6.07, 6.45) is -4.68. The lowest BCUT2D eigenvalue weighted by Crippen LogP contribution is -2.34. The highest BCUT2D eigenvalue weighted by molar-refractivity contribution is 7.88. The maximum Gasteiger partial charge on any atom is 0.402 e. The lowest BCUT2D eigenvalue weighted by atomic mass is 10.2. The third-order valence-electron chi connectivity index (χ3n) is 2.03. The summed E-state index contributed by atoms with van der Waals surface area (Å²) in [5.74, 6) is -0.889. The highest BCUT2D eigenvalue weighted by Crippen LogP contribution is 2.20. The summed E-state index contributed by atoms with van der Waals surface area (Å²) in [5.41, 5.74) is -0.637. The Morgan fingerprint density at radius 2 is 1.84 bits per heavy atom. The summed E-state index contributed by atoms with van der Waals surface area (Å²) < 4.78 is 59.8. The molecule has 0 unspecified atom stereocenters. The van der Waals surface area contributed by atoms with Crippen molar-refractivity contribution in [2.45, 2.75) is 11.9 Å². The summed E-state index contributed by atoms with van der Waals surface area (Å²) in [6, 6.07) is 4.94. The number of benzene rings is 1. The van der Waals surface area contributed by atoms with Crippen molar-refractivity contribution in [2.75, 3.05) is 6.54 Å². The fraction of sp³-hybridized carbons (Fsp3) is 0.333. The number of nitrogens with one attached hydrogen (secondary N) is 1. The molecule has 0 aliphatic carbocycles. The molecule has 0 radical (unpaired) electrons. The van der Waals surface area contributed by atoms with E-state index in [2.05, 4.69) is 0 Å². The number of hydrogen-bond acceptors (Lipinski definition) is 4. The van der Waals surface area contributed by atoms with Gasteiger partial charge in [-0.25, -0.2) is 13.1 Å². The van der Waals surface area contributed by atoms with E-state index < -0.39 is 39.1 Å². The van der Waals surface area contributed by atoms with E-state index in [1.165, 1.54) is 22.9 Å². The number of nitrogens with zero attached hydrogens (tertiary/aromatic N) is 1. The molecule has 106 valence electrons. The fourth-order valence-corrected chi connectivity index (χ4v) is 2.40. The molecule has 0 bridgehead atoms. The minimum Gasteiger partial charge on any atom is -0.258 e. The zero-order valence-corrected chi connectivity index (χ0v) is 10.2. The highest BCUT2D eigenvalue weighted by Gasteiger charge is 2.30. The van der Waals surface area contributed by atoms with Crippen molar-refractivity contribution in [3.63, 3.8) is 0 Å². The van der Waals surface area contributed by atoms with Crippen LogP contribution in [-0.2, 0) is 15.8 Å². The first-order chi connectivity index (χ1) is 8.61. The summed E-state index contributed by atoms with van der Waals surface area (Å²) in [7, 11) is -4.30. The van der Waals surface area contributed by atoms with E-state index in [9.17, 15) is 31.7 Å². The van der Waals surface area contributed by atoms with E-state index >= 15 is 0 Å². The quantitative estimate of drug-likeness (QED) is 0.660. The Labute approximate surface area is 106 Å². The summed E-state index contributed by atoms with van der Waals surface area (Å²) >= 11 is 0. The Bertz CT molecular complexity index is 571. The minimum absolute atomic E-state index is 0.179. The second-order valence-electron chi connectivity index (χ2n) is 3.58. The number of hydrogen-bond donors (Lipinski definition) is 1. The van der Waals surface area contributed by atoms with Crippen LogP contribution in [0.3, 0.4) is 0 Å². The zero-order chi connectivity index (χ0) is 14.7. The topological polar surface area (TPSA) is 89.3 Å². The molecule has 0 spiro atoms. The molecule has 1 N–H and O–H groups in total. The van der Waals surface area contributed by atoms with Crippen LogP contribution in [0.5, 0.6) is 0 Å². The second kappa shape index (κ2) is 5.53. The maximum absolute atomic E-state index is 11.9. The van der Waals surface area contributed by atoms with Gasteiger partial charge >= 0.3 is 6.18 Å². The first-order valence-corrected chi connectivity index (χ1v) is 6.52. The molecule has 1 rings (SSSR count). The molecule has 19 heavy (non-hydrogen) atoms. The van der Waals surface area contributed by atoms with Crippen molar-refractivity contribution in [2.24, 2.45) is 0 Å². The Balaban J connectivity index is 2.87. The first-order valence-electron chi connectivity index (χ1n) is 4.87. The van der Waals surface area contributed by atoms with Crippen LogP contribution in [0.15, 0.2) is 24.3 Å². The molecule has 0 aliphatic heterocycles. The summed E-state index contributed by atoms with van der Waals surface area (Å²) in [5, 5.41) is 10.6. The van der Waals surface area contributed by atoms with Crippen LogP contribution < -0.4 is 4.72 Å². The lowest BCUT2D eigenvalue weighted by Gasteiger charge is -2.09. The van der Waals surface area contributed by atoms with Crippen LogP contribution in [0, 0.1) is 10.1 Å². The van der Waals surface area contributed by atoms with Crippen LogP contribution in [0.2, 0.25) is 0 Å². The van der Waals surface area contributed by atoms with Gasteiger partial charge in [0.15, 0.2) is 0 Å². The van der Waals surface area contributed by atoms with E-state index in [-0.39, 0.29) is 5.56 Å². The molecular formula is C9H9F3N2O4S. The molecule has 10 heteroatoms. The van der Waals surface area contributed by atoms with Crippen LogP contribution in [0.4, 0.5) is 18.9 Å². The van der Waals surface area contributed by atoms with Gasteiger partial charge in [-0.3, -0.25) is 10.1 Å². The van der Waals surface area contributed by atoms with E-state index in [1.54, 1.807) is 0 Å². The third-order valence-corrected chi connectivity index (χ3v) is 3.30. The van der Waals surface area contributed by atoms with Crippen molar-refractivity contribution >= 4 is 15.7 Å². The van der Waals surface area contributed by atoms with Crippen molar-refractivity contribution in [3.8, 4) is 0 Å². The van der Waals surface area contributed by atoms with Gasteiger partial charge in [-0.1, -0.05) is 18.2 Å². The van der Waals surface area contributed by atoms with Gasteiger partial charge in [-0.05, 0) is 0 Å². The highest BCUT2D eigenvalue weighted by atomic mass is 32.2. The largest absolute Gasteiger partial charge is 0.402 e. The SMILES string of the molecule is O=[N+]([O-])c1ccccc1CS(=O)(=O)NCC(F)(F)F. The Hall–Kier alpha value is -1.68. The van der Waals surface area contributed by atoms with Crippen molar-refractivity contribution in [3.05, 3.63) is 39.9 Å². The minimum atomic E-state index is -4.68. The molecule has 0 amide bonds. The van der Waals surface area contributed by atoms with E-state index in [0.29, 0.717) is 0 Å². The molecular weight excluding hydrogens is 289 g/mol. The first kappa shape index (κ1) is 15.4. The van der Waals surface area contributed by atoms with E-state index in [4.69, 9.17) is 0 Å². The van der Waals surface area contributed by atoms with Gasteiger partial charge < -0.3 is 0 Å². The average molecular weight is 298 g/mol. The fourth-order valence-electron chi connectivity index (χ4n) is 1.26. The number of alkyl halides is 3. The average Bonchev–Trinajstić information content (AvgIpc) is 2.26. The molecule has 0 saturated carbocycles. The van der Waals surface area contributed by atoms with Gasteiger partial charge in [0.2, 0.25) is 10.0 Å². The van der Waals surface area contributed by atoms with Crippen molar-refractivity contribution in [1.29, 1.82) is 0 Å². The predicted octanol–water partition coefficient (Wildman–Crippen LogP) is 1.58.